The number of amides is 2. The van der Waals surface area contributed by atoms with Gasteiger partial charge in [0.15, 0.2) is 0 Å². The van der Waals surface area contributed by atoms with Crippen LogP contribution in [0.15, 0.2) is 60.0 Å². The van der Waals surface area contributed by atoms with Gasteiger partial charge >= 0.3 is 0 Å². The van der Waals surface area contributed by atoms with E-state index in [1.165, 1.54) is 0 Å². The molecule has 0 saturated heterocycles. The lowest BCUT2D eigenvalue weighted by Gasteiger charge is -2.30. The Balaban J connectivity index is 1.89. The van der Waals surface area contributed by atoms with Gasteiger partial charge in [0, 0.05) is 24.7 Å². The Morgan fingerprint density at radius 1 is 1.19 bits per heavy atom. The largest absolute Gasteiger partial charge is 0.324 e. The van der Waals surface area contributed by atoms with Crippen molar-refractivity contribution in [2.45, 2.75) is 6.04 Å². The van der Waals surface area contributed by atoms with Crippen LogP contribution in [0.2, 0.25) is 5.02 Å². The van der Waals surface area contributed by atoms with Crippen molar-refractivity contribution in [2.24, 2.45) is 0 Å². The minimum absolute atomic E-state index is 0.0291. The first-order chi connectivity index (χ1) is 13.0. The minimum Gasteiger partial charge on any atom is -0.324 e. The van der Waals surface area contributed by atoms with Gasteiger partial charge in [0.2, 0.25) is 5.91 Å². The summed E-state index contributed by atoms with van der Waals surface area (Å²) in [6, 6.07) is 16.3. The van der Waals surface area contributed by atoms with Gasteiger partial charge in [-0.15, -0.1) is 11.3 Å². The number of halogens is 2. The smallest absolute Gasteiger partial charge is 0.256 e. The molecule has 1 aliphatic heterocycles. The molecule has 0 aliphatic carbocycles. The fraction of sp³-hybridized carbons (Fsp3) is 0.100. The van der Waals surface area contributed by atoms with Gasteiger partial charge in [-0.2, -0.15) is 0 Å². The van der Waals surface area contributed by atoms with E-state index in [4.69, 9.17) is 11.6 Å². The van der Waals surface area contributed by atoms with Crippen molar-refractivity contribution < 1.29 is 9.59 Å². The van der Waals surface area contributed by atoms with Gasteiger partial charge in [0.25, 0.3) is 5.91 Å². The van der Waals surface area contributed by atoms with Crippen molar-refractivity contribution in [1.82, 2.24) is 4.90 Å². The zero-order chi connectivity index (χ0) is 19.0. The predicted octanol–water partition coefficient (Wildman–Crippen LogP) is 5.19. The van der Waals surface area contributed by atoms with Gasteiger partial charge in [-0.1, -0.05) is 29.8 Å². The molecule has 0 saturated carbocycles. The molecule has 136 valence electrons. The summed E-state index contributed by atoms with van der Waals surface area (Å²) in [5, 5.41) is 5.43. The maximum atomic E-state index is 13.4. The van der Waals surface area contributed by atoms with E-state index in [0.29, 0.717) is 16.3 Å². The van der Waals surface area contributed by atoms with E-state index in [-0.39, 0.29) is 24.4 Å². The molecule has 0 bridgehead atoms. The molecule has 1 unspecified atom stereocenters. The van der Waals surface area contributed by atoms with E-state index < -0.39 is 0 Å². The zero-order valence-corrected chi connectivity index (χ0v) is 17.7. The third kappa shape index (κ3) is 3.61. The van der Waals surface area contributed by atoms with Crippen LogP contribution in [0.1, 0.15) is 26.8 Å². The summed E-state index contributed by atoms with van der Waals surface area (Å²) in [4.78, 5) is 28.6. The van der Waals surface area contributed by atoms with Gasteiger partial charge in [-0.25, -0.2) is 0 Å². The number of hydrogen-bond donors (Lipinski definition) is 1. The van der Waals surface area contributed by atoms with E-state index in [1.807, 2.05) is 41.8 Å². The monoisotopic (exact) mass is 508 g/mol. The summed E-state index contributed by atoms with van der Waals surface area (Å²) in [5.41, 5.74) is 2.08. The van der Waals surface area contributed by atoms with Gasteiger partial charge in [-0.3, -0.25) is 9.59 Å². The maximum Gasteiger partial charge on any atom is 0.256 e. The van der Waals surface area contributed by atoms with Crippen molar-refractivity contribution in [2.75, 3.05) is 11.9 Å². The van der Waals surface area contributed by atoms with E-state index in [1.54, 1.807) is 34.4 Å². The molecular weight excluding hydrogens is 495 g/mol. The second kappa shape index (κ2) is 7.61. The highest BCUT2D eigenvalue weighted by atomic mass is 127. The van der Waals surface area contributed by atoms with Crippen LogP contribution in [-0.2, 0) is 4.79 Å². The van der Waals surface area contributed by atoms with Crippen LogP contribution in [-0.4, -0.2) is 23.3 Å². The molecule has 1 atom stereocenters. The molecular formula is C20H14ClIN2O2S. The Kier molecular flexibility index (Phi) is 5.21. The first-order valence-electron chi connectivity index (χ1n) is 8.23. The number of rotatable bonds is 2. The SMILES string of the molecule is O=C1CN(C(=O)c2ccccc2I)C(c2cccs2)c2cc(Cl)ccc2N1. The normalized spacial score (nSPS) is 16.4. The van der Waals surface area contributed by atoms with E-state index >= 15 is 0 Å². The molecule has 1 N–H and O–H groups in total. The van der Waals surface area contributed by atoms with E-state index in [2.05, 4.69) is 27.9 Å². The van der Waals surface area contributed by atoms with Crippen LogP contribution in [0.25, 0.3) is 0 Å². The van der Waals surface area contributed by atoms with Gasteiger partial charge in [-0.05, 0) is 64.4 Å². The molecule has 1 aromatic heterocycles. The van der Waals surface area contributed by atoms with Gasteiger partial charge < -0.3 is 10.2 Å². The van der Waals surface area contributed by atoms with Crippen LogP contribution < -0.4 is 5.32 Å². The third-order valence-corrected chi connectivity index (χ3v) is 6.49. The van der Waals surface area contributed by atoms with E-state index in [0.717, 1.165) is 14.0 Å². The molecule has 3 aromatic rings. The summed E-state index contributed by atoms with van der Waals surface area (Å²) in [7, 11) is 0. The Hall–Kier alpha value is -1.90. The molecule has 0 radical (unpaired) electrons. The lowest BCUT2D eigenvalue weighted by Crippen LogP contribution is -2.39. The third-order valence-electron chi connectivity index (χ3n) is 4.39. The summed E-state index contributed by atoms with van der Waals surface area (Å²) in [6.07, 6.45) is 0. The number of nitrogens with one attached hydrogen (secondary N) is 1. The number of benzene rings is 2. The highest BCUT2D eigenvalue weighted by molar-refractivity contribution is 14.1. The predicted molar refractivity (Wildman–Crippen MR) is 116 cm³/mol. The fourth-order valence-electron chi connectivity index (χ4n) is 3.21. The molecule has 1 aliphatic rings. The average molecular weight is 509 g/mol. The van der Waals surface area contributed by atoms with Crippen molar-refractivity contribution in [3.05, 3.63) is 84.6 Å². The second-order valence-corrected chi connectivity index (χ2v) is 8.69. The highest BCUT2D eigenvalue weighted by Gasteiger charge is 2.35. The van der Waals surface area contributed by atoms with Crippen LogP contribution in [0.4, 0.5) is 5.69 Å². The molecule has 2 amide bonds. The Morgan fingerprint density at radius 3 is 2.74 bits per heavy atom. The molecule has 0 fully saturated rings. The van der Waals surface area contributed by atoms with Gasteiger partial charge in [0.05, 0.1) is 11.6 Å². The Bertz CT molecular complexity index is 1020. The highest BCUT2D eigenvalue weighted by Crippen LogP contribution is 2.39. The molecule has 2 aromatic carbocycles. The summed E-state index contributed by atoms with van der Waals surface area (Å²) >= 11 is 9.95. The second-order valence-electron chi connectivity index (χ2n) is 6.11. The summed E-state index contributed by atoms with van der Waals surface area (Å²) in [6.45, 7) is -0.0291. The average Bonchev–Trinajstić information content (AvgIpc) is 3.13. The van der Waals surface area contributed by atoms with Crippen LogP contribution in [0.5, 0.6) is 0 Å². The molecule has 0 spiro atoms. The van der Waals surface area contributed by atoms with E-state index in [9.17, 15) is 9.59 Å². The maximum absolute atomic E-state index is 13.4. The molecule has 27 heavy (non-hydrogen) atoms. The number of fused-ring (bicyclic) bond motifs is 1. The molecule has 2 heterocycles. The lowest BCUT2D eigenvalue weighted by molar-refractivity contribution is -0.117. The van der Waals surface area contributed by atoms with Crippen LogP contribution >= 0.6 is 45.5 Å². The Labute approximate surface area is 179 Å². The first-order valence-corrected chi connectivity index (χ1v) is 10.6. The van der Waals surface area contributed by atoms with Gasteiger partial charge in [0.1, 0.15) is 6.54 Å². The van der Waals surface area contributed by atoms with Crippen LogP contribution in [0, 0.1) is 3.57 Å². The topological polar surface area (TPSA) is 49.4 Å². The number of carbonyl (C=O) groups is 2. The number of thiophene rings is 1. The zero-order valence-electron chi connectivity index (χ0n) is 14.0. The first kappa shape index (κ1) is 18.5. The van der Waals surface area contributed by atoms with Crippen molar-refractivity contribution in [1.29, 1.82) is 0 Å². The van der Waals surface area contributed by atoms with Crippen molar-refractivity contribution >= 4 is 63.0 Å². The standard InChI is InChI=1S/C20H14ClIN2O2S/c21-12-7-8-16-14(10-12)19(17-6-3-9-27-17)24(11-18(25)23-16)20(26)13-4-1-2-5-15(13)22/h1-10,19H,11H2,(H,23,25). The lowest BCUT2D eigenvalue weighted by atomic mass is 10.0. The fourth-order valence-corrected chi connectivity index (χ4v) is 4.86. The Morgan fingerprint density at radius 2 is 2.00 bits per heavy atom. The number of hydrogen-bond acceptors (Lipinski definition) is 3. The quantitative estimate of drug-likeness (QED) is 0.485. The van der Waals surface area contributed by atoms with Crippen molar-refractivity contribution in [3.63, 3.8) is 0 Å². The molecule has 4 rings (SSSR count). The van der Waals surface area contributed by atoms with Crippen LogP contribution in [0.3, 0.4) is 0 Å². The number of nitrogens with zero attached hydrogens (tertiary/aromatic N) is 1. The molecule has 7 heteroatoms. The minimum atomic E-state index is -0.388. The summed E-state index contributed by atoms with van der Waals surface area (Å²) < 4.78 is 0.848. The summed E-state index contributed by atoms with van der Waals surface area (Å²) in [5.74, 6) is -0.404. The number of anilines is 1. The number of carbonyl (C=O) groups excluding carboxylic acids is 2. The molecule has 4 nitrogen and oxygen atoms in total. The van der Waals surface area contributed by atoms with Crippen molar-refractivity contribution in [3.8, 4) is 0 Å².